The molecule has 0 spiro atoms. The molecule has 0 amide bonds. The molecule has 0 aliphatic carbocycles. The predicted molar refractivity (Wildman–Crippen MR) is 77.5 cm³/mol. The number of aryl methyl sites for hydroxylation is 3. The van der Waals surface area contributed by atoms with Crippen molar-refractivity contribution >= 4 is 11.8 Å². The van der Waals surface area contributed by atoms with Crippen molar-refractivity contribution in [1.29, 1.82) is 0 Å². The molecule has 0 fully saturated rings. The van der Waals surface area contributed by atoms with Crippen molar-refractivity contribution in [3.8, 4) is 0 Å². The SMILES string of the molecule is CCCNCc1c(C)nn(C)c1Sc1ccoc1C. The molecule has 0 unspecified atom stereocenters. The van der Waals surface area contributed by atoms with Crippen molar-refractivity contribution in [2.75, 3.05) is 6.54 Å². The average molecular weight is 279 g/mol. The Bertz CT molecular complexity index is 545. The van der Waals surface area contributed by atoms with E-state index >= 15 is 0 Å². The molecule has 0 atom stereocenters. The first kappa shape index (κ1) is 14.2. The van der Waals surface area contributed by atoms with E-state index in [1.165, 1.54) is 10.6 Å². The van der Waals surface area contributed by atoms with E-state index in [0.717, 1.165) is 35.9 Å². The highest BCUT2D eigenvalue weighted by Gasteiger charge is 2.15. The normalized spacial score (nSPS) is 11.2. The van der Waals surface area contributed by atoms with E-state index < -0.39 is 0 Å². The summed E-state index contributed by atoms with van der Waals surface area (Å²) in [4.78, 5) is 1.15. The summed E-state index contributed by atoms with van der Waals surface area (Å²) in [6.45, 7) is 8.12. The highest BCUT2D eigenvalue weighted by atomic mass is 32.2. The van der Waals surface area contributed by atoms with Gasteiger partial charge in [0.1, 0.15) is 10.8 Å². The van der Waals surface area contributed by atoms with Gasteiger partial charge in [0.15, 0.2) is 0 Å². The van der Waals surface area contributed by atoms with Gasteiger partial charge >= 0.3 is 0 Å². The minimum absolute atomic E-state index is 0.868. The maximum Gasteiger partial charge on any atom is 0.114 e. The number of hydrogen-bond donors (Lipinski definition) is 1. The molecule has 19 heavy (non-hydrogen) atoms. The summed E-state index contributed by atoms with van der Waals surface area (Å²) in [5.74, 6) is 0.955. The van der Waals surface area contributed by atoms with Crippen LogP contribution in [0.3, 0.4) is 0 Å². The lowest BCUT2D eigenvalue weighted by Crippen LogP contribution is -2.14. The smallest absolute Gasteiger partial charge is 0.114 e. The Morgan fingerprint density at radius 3 is 2.84 bits per heavy atom. The summed E-state index contributed by atoms with van der Waals surface area (Å²) in [5, 5.41) is 9.16. The van der Waals surface area contributed by atoms with Gasteiger partial charge in [-0.25, -0.2) is 0 Å². The molecule has 2 rings (SSSR count). The fourth-order valence-electron chi connectivity index (χ4n) is 1.99. The molecule has 0 saturated heterocycles. The van der Waals surface area contributed by atoms with Crippen LogP contribution in [0.15, 0.2) is 26.7 Å². The van der Waals surface area contributed by atoms with Gasteiger partial charge in [-0.05, 0) is 32.9 Å². The summed E-state index contributed by atoms with van der Waals surface area (Å²) >= 11 is 1.72. The number of hydrogen-bond acceptors (Lipinski definition) is 4. The molecule has 0 aromatic carbocycles. The first-order valence-electron chi connectivity index (χ1n) is 6.58. The predicted octanol–water partition coefficient (Wildman–Crippen LogP) is 3.28. The van der Waals surface area contributed by atoms with Crippen molar-refractivity contribution in [2.45, 2.75) is 43.7 Å². The zero-order valence-corrected chi connectivity index (χ0v) is 12.8. The van der Waals surface area contributed by atoms with Crippen LogP contribution in [0.1, 0.15) is 30.4 Å². The average Bonchev–Trinajstić information content (AvgIpc) is 2.88. The topological polar surface area (TPSA) is 43.0 Å². The Morgan fingerprint density at radius 1 is 1.42 bits per heavy atom. The lowest BCUT2D eigenvalue weighted by molar-refractivity contribution is 0.526. The third-order valence-electron chi connectivity index (χ3n) is 3.04. The van der Waals surface area contributed by atoms with Gasteiger partial charge in [0.05, 0.1) is 16.9 Å². The third-order valence-corrected chi connectivity index (χ3v) is 4.38. The summed E-state index contributed by atoms with van der Waals surface area (Å²) in [7, 11) is 1.99. The van der Waals surface area contributed by atoms with E-state index in [9.17, 15) is 0 Å². The van der Waals surface area contributed by atoms with Gasteiger partial charge in [0.2, 0.25) is 0 Å². The molecule has 5 heteroatoms. The molecular weight excluding hydrogens is 258 g/mol. The van der Waals surface area contributed by atoms with E-state index in [4.69, 9.17) is 4.42 Å². The fraction of sp³-hybridized carbons (Fsp3) is 0.500. The number of nitrogens with one attached hydrogen (secondary N) is 1. The Balaban J connectivity index is 2.21. The lowest BCUT2D eigenvalue weighted by Gasteiger charge is -2.07. The van der Waals surface area contributed by atoms with Crippen molar-refractivity contribution in [1.82, 2.24) is 15.1 Å². The van der Waals surface area contributed by atoms with Crippen molar-refractivity contribution in [3.05, 3.63) is 29.3 Å². The maximum absolute atomic E-state index is 5.36. The van der Waals surface area contributed by atoms with Crippen LogP contribution in [-0.2, 0) is 13.6 Å². The van der Waals surface area contributed by atoms with E-state index in [-0.39, 0.29) is 0 Å². The van der Waals surface area contributed by atoms with Gasteiger partial charge in [-0.2, -0.15) is 5.10 Å². The zero-order valence-electron chi connectivity index (χ0n) is 12.0. The quantitative estimate of drug-likeness (QED) is 0.824. The standard InChI is InChI=1S/C14H21N3OS/c1-5-7-15-9-12-10(2)16-17(4)14(12)19-13-6-8-18-11(13)3/h6,8,15H,5,7,9H2,1-4H3. The molecule has 0 aliphatic rings. The molecule has 2 aromatic heterocycles. The van der Waals surface area contributed by atoms with E-state index in [0.29, 0.717) is 0 Å². The maximum atomic E-state index is 5.36. The highest BCUT2D eigenvalue weighted by Crippen LogP contribution is 2.34. The van der Waals surface area contributed by atoms with Crippen molar-refractivity contribution < 1.29 is 4.42 Å². The van der Waals surface area contributed by atoms with Gasteiger partial charge in [0.25, 0.3) is 0 Å². The molecule has 0 saturated carbocycles. The second-order valence-corrected chi connectivity index (χ2v) is 5.64. The monoisotopic (exact) mass is 279 g/mol. The molecule has 0 bridgehead atoms. The third kappa shape index (κ3) is 3.22. The molecule has 2 aromatic rings. The van der Waals surface area contributed by atoms with Gasteiger partial charge in [-0.15, -0.1) is 0 Å². The highest BCUT2D eigenvalue weighted by molar-refractivity contribution is 7.99. The van der Waals surface area contributed by atoms with Crippen LogP contribution in [0.25, 0.3) is 0 Å². The Kier molecular flexibility index (Phi) is 4.71. The van der Waals surface area contributed by atoms with Crippen LogP contribution < -0.4 is 5.32 Å². The fourth-order valence-corrected chi connectivity index (χ4v) is 3.03. The number of rotatable bonds is 6. The molecule has 0 aliphatic heterocycles. The van der Waals surface area contributed by atoms with Crippen molar-refractivity contribution in [3.63, 3.8) is 0 Å². The summed E-state index contributed by atoms with van der Waals surface area (Å²) in [6, 6.07) is 2.01. The Morgan fingerprint density at radius 2 is 2.21 bits per heavy atom. The van der Waals surface area contributed by atoms with E-state index in [2.05, 4.69) is 24.3 Å². The van der Waals surface area contributed by atoms with Crippen LogP contribution >= 0.6 is 11.8 Å². The van der Waals surface area contributed by atoms with E-state index in [1.807, 2.05) is 24.7 Å². The minimum Gasteiger partial charge on any atom is -0.468 e. The number of nitrogens with zero attached hydrogens (tertiary/aromatic N) is 2. The molecule has 0 radical (unpaired) electrons. The first-order chi connectivity index (χ1) is 9.13. The molecule has 2 heterocycles. The summed E-state index contributed by atoms with van der Waals surface area (Å²) < 4.78 is 7.31. The van der Waals surface area contributed by atoms with Crippen molar-refractivity contribution in [2.24, 2.45) is 7.05 Å². The van der Waals surface area contributed by atoms with Crippen LogP contribution in [-0.4, -0.2) is 16.3 Å². The van der Waals surface area contributed by atoms with Crippen LogP contribution in [0.2, 0.25) is 0 Å². The molecule has 4 nitrogen and oxygen atoms in total. The van der Waals surface area contributed by atoms with Gasteiger partial charge in [0, 0.05) is 19.2 Å². The van der Waals surface area contributed by atoms with Gasteiger partial charge < -0.3 is 9.73 Å². The zero-order chi connectivity index (χ0) is 13.8. The molecular formula is C14H21N3OS. The van der Waals surface area contributed by atoms with Crippen LogP contribution in [0, 0.1) is 13.8 Å². The second-order valence-electron chi connectivity index (χ2n) is 4.61. The molecule has 1 N–H and O–H groups in total. The first-order valence-corrected chi connectivity index (χ1v) is 7.40. The molecule has 104 valence electrons. The summed E-state index contributed by atoms with van der Waals surface area (Å²) in [5.41, 5.74) is 2.37. The number of aromatic nitrogens is 2. The minimum atomic E-state index is 0.868. The van der Waals surface area contributed by atoms with Gasteiger partial charge in [-0.1, -0.05) is 18.7 Å². The Hall–Kier alpha value is -1.20. The van der Waals surface area contributed by atoms with E-state index in [1.54, 1.807) is 18.0 Å². The van der Waals surface area contributed by atoms with Crippen LogP contribution in [0.4, 0.5) is 0 Å². The van der Waals surface area contributed by atoms with Gasteiger partial charge in [-0.3, -0.25) is 4.68 Å². The lowest BCUT2D eigenvalue weighted by atomic mass is 10.2. The largest absolute Gasteiger partial charge is 0.468 e. The second kappa shape index (κ2) is 6.30. The number of furan rings is 1. The van der Waals surface area contributed by atoms with Crippen LogP contribution in [0.5, 0.6) is 0 Å². The summed E-state index contributed by atoms with van der Waals surface area (Å²) in [6.07, 6.45) is 2.87. The Labute approximate surface area is 118 Å².